The molecule has 0 aromatic rings. The smallest absolute Gasteiger partial charge is 0.305 e. The minimum atomic E-state index is -0.204. The predicted octanol–water partition coefficient (Wildman–Crippen LogP) is 2.50. The number of allylic oxidation sites excluding steroid dienone is 2. The highest BCUT2D eigenvalue weighted by Crippen LogP contribution is 2.34. The Morgan fingerprint density at radius 2 is 2.25 bits per heavy atom. The van der Waals surface area contributed by atoms with Crippen LogP contribution >= 0.6 is 0 Å². The fraction of sp³-hybridized carbons (Fsp3) is 0.692. The Morgan fingerprint density at radius 1 is 1.50 bits per heavy atom. The molecule has 1 aliphatic rings. The Bertz CT molecular complexity index is 281. The zero-order valence-electron chi connectivity index (χ0n) is 10.1. The summed E-state index contributed by atoms with van der Waals surface area (Å²) in [6, 6.07) is 0. The number of carbonyl (C=O) groups is 2. The van der Waals surface area contributed by atoms with Crippen molar-refractivity contribution in [1.29, 1.82) is 0 Å². The van der Waals surface area contributed by atoms with E-state index in [1.807, 2.05) is 0 Å². The van der Waals surface area contributed by atoms with Crippen molar-refractivity contribution in [3.63, 3.8) is 0 Å². The minimum absolute atomic E-state index is 0.0295. The first-order chi connectivity index (χ1) is 7.69. The molecule has 1 aliphatic carbocycles. The summed E-state index contributed by atoms with van der Waals surface area (Å²) in [5.74, 6) is 0.308. The zero-order valence-corrected chi connectivity index (χ0v) is 10.1. The second kappa shape index (κ2) is 6.46. The van der Waals surface area contributed by atoms with Crippen molar-refractivity contribution >= 4 is 11.8 Å². The number of ketones is 1. The van der Waals surface area contributed by atoms with Gasteiger partial charge in [0.25, 0.3) is 0 Å². The van der Waals surface area contributed by atoms with Crippen molar-refractivity contribution in [2.24, 2.45) is 11.8 Å². The maximum Gasteiger partial charge on any atom is 0.305 e. The molecule has 1 fully saturated rings. The molecule has 3 heteroatoms. The fourth-order valence-electron chi connectivity index (χ4n) is 2.25. The van der Waals surface area contributed by atoms with Gasteiger partial charge in [0.1, 0.15) is 5.78 Å². The molecule has 0 amide bonds. The molecule has 16 heavy (non-hydrogen) atoms. The maximum atomic E-state index is 11.7. The third-order valence-electron chi connectivity index (χ3n) is 3.19. The van der Waals surface area contributed by atoms with E-state index in [0.717, 1.165) is 19.3 Å². The first kappa shape index (κ1) is 12.9. The number of methoxy groups -OCH3 is 1. The second-order valence-corrected chi connectivity index (χ2v) is 4.27. The summed E-state index contributed by atoms with van der Waals surface area (Å²) in [6.07, 6.45) is 7.72. The molecule has 2 atom stereocenters. The molecule has 1 saturated carbocycles. The number of hydrogen-bond acceptors (Lipinski definition) is 3. The first-order valence-electron chi connectivity index (χ1n) is 5.93. The Balaban J connectivity index is 2.52. The standard InChI is InChI=1S/C13H20O3/c1-3-4-5-6-11-10(7-8-12(11)14)9-13(15)16-2/h4-5,10-11H,3,6-9H2,1-2H3/b5-4-. The van der Waals surface area contributed by atoms with E-state index in [1.54, 1.807) is 0 Å². The van der Waals surface area contributed by atoms with Crippen LogP contribution in [0.3, 0.4) is 0 Å². The summed E-state index contributed by atoms with van der Waals surface area (Å²) in [6.45, 7) is 2.07. The average Bonchev–Trinajstić information content (AvgIpc) is 2.61. The molecular weight excluding hydrogens is 204 g/mol. The van der Waals surface area contributed by atoms with Gasteiger partial charge in [-0.1, -0.05) is 19.1 Å². The molecule has 0 spiro atoms. The van der Waals surface area contributed by atoms with Gasteiger partial charge in [-0.15, -0.1) is 0 Å². The molecule has 2 unspecified atom stereocenters. The van der Waals surface area contributed by atoms with Crippen molar-refractivity contribution in [3.8, 4) is 0 Å². The topological polar surface area (TPSA) is 43.4 Å². The molecule has 90 valence electrons. The molecule has 0 heterocycles. The Labute approximate surface area is 96.9 Å². The fourth-order valence-corrected chi connectivity index (χ4v) is 2.25. The van der Waals surface area contributed by atoms with Crippen molar-refractivity contribution in [2.75, 3.05) is 7.11 Å². The number of Topliss-reactive ketones (excluding diaryl/α,β-unsaturated/α-hetero) is 1. The van der Waals surface area contributed by atoms with Crippen LogP contribution in [-0.4, -0.2) is 18.9 Å². The van der Waals surface area contributed by atoms with E-state index in [1.165, 1.54) is 7.11 Å². The molecule has 0 N–H and O–H groups in total. The number of carbonyl (C=O) groups excluding carboxylic acids is 2. The van der Waals surface area contributed by atoms with Gasteiger partial charge < -0.3 is 4.74 Å². The van der Waals surface area contributed by atoms with Crippen LogP contribution in [0, 0.1) is 11.8 Å². The van der Waals surface area contributed by atoms with Crippen LogP contribution in [0.25, 0.3) is 0 Å². The number of esters is 1. The zero-order chi connectivity index (χ0) is 12.0. The highest BCUT2D eigenvalue weighted by Gasteiger charge is 2.34. The van der Waals surface area contributed by atoms with E-state index in [-0.39, 0.29) is 17.8 Å². The summed E-state index contributed by atoms with van der Waals surface area (Å²) in [7, 11) is 1.39. The lowest BCUT2D eigenvalue weighted by Gasteiger charge is -2.15. The molecule has 0 aromatic heterocycles. The van der Waals surface area contributed by atoms with Crippen LogP contribution in [0.5, 0.6) is 0 Å². The normalized spacial score (nSPS) is 25.2. The number of hydrogen-bond donors (Lipinski definition) is 0. The molecule has 3 nitrogen and oxygen atoms in total. The lowest BCUT2D eigenvalue weighted by molar-refractivity contribution is -0.142. The van der Waals surface area contributed by atoms with Crippen LogP contribution in [0.1, 0.15) is 39.0 Å². The van der Waals surface area contributed by atoms with Gasteiger partial charge in [-0.25, -0.2) is 0 Å². The van der Waals surface area contributed by atoms with Gasteiger partial charge in [0.15, 0.2) is 0 Å². The lowest BCUT2D eigenvalue weighted by Crippen LogP contribution is -2.18. The van der Waals surface area contributed by atoms with E-state index < -0.39 is 0 Å². The Hall–Kier alpha value is -1.12. The molecule has 0 radical (unpaired) electrons. The SMILES string of the molecule is CC/C=C\CC1C(=O)CCC1CC(=O)OC. The number of rotatable bonds is 5. The van der Waals surface area contributed by atoms with Gasteiger partial charge in [0.05, 0.1) is 7.11 Å². The van der Waals surface area contributed by atoms with Crippen LogP contribution in [-0.2, 0) is 14.3 Å². The minimum Gasteiger partial charge on any atom is -0.469 e. The van der Waals surface area contributed by atoms with Crippen LogP contribution in [0.15, 0.2) is 12.2 Å². The van der Waals surface area contributed by atoms with Crippen LogP contribution in [0.4, 0.5) is 0 Å². The quantitative estimate of drug-likeness (QED) is 0.532. The van der Waals surface area contributed by atoms with Gasteiger partial charge in [0.2, 0.25) is 0 Å². The van der Waals surface area contributed by atoms with Crippen molar-refractivity contribution in [2.45, 2.75) is 39.0 Å². The maximum absolute atomic E-state index is 11.7. The highest BCUT2D eigenvalue weighted by molar-refractivity contribution is 5.84. The van der Waals surface area contributed by atoms with Gasteiger partial charge in [-0.05, 0) is 25.2 Å². The van der Waals surface area contributed by atoms with Crippen LogP contribution < -0.4 is 0 Å². The highest BCUT2D eigenvalue weighted by atomic mass is 16.5. The summed E-state index contributed by atoms with van der Waals surface area (Å²) in [4.78, 5) is 22.9. The van der Waals surface area contributed by atoms with E-state index in [2.05, 4.69) is 23.8 Å². The van der Waals surface area contributed by atoms with Crippen molar-refractivity contribution in [3.05, 3.63) is 12.2 Å². The molecular formula is C13H20O3. The van der Waals surface area contributed by atoms with Crippen molar-refractivity contribution in [1.82, 2.24) is 0 Å². The summed E-state index contributed by atoms with van der Waals surface area (Å²) in [5.41, 5.74) is 0. The molecule has 0 aromatic carbocycles. The Kier molecular flexibility index (Phi) is 5.23. The third kappa shape index (κ3) is 3.47. The van der Waals surface area contributed by atoms with Gasteiger partial charge in [0, 0.05) is 18.8 Å². The lowest BCUT2D eigenvalue weighted by atomic mass is 9.89. The van der Waals surface area contributed by atoms with E-state index >= 15 is 0 Å². The first-order valence-corrected chi connectivity index (χ1v) is 5.93. The van der Waals surface area contributed by atoms with Crippen molar-refractivity contribution < 1.29 is 14.3 Å². The molecule has 0 aliphatic heterocycles. The monoisotopic (exact) mass is 224 g/mol. The van der Waals surface area contributed by atoms with E-state index in [0.29, 0.717) is 18.6 Å². The number of ether oxygens (including phenoxy) is 1. The largest absolute Gasteiger partial charge is 0.469 e. The second-order valence-electron chi connectivity index (χ2n) is 4.27. The Morgan fingerprint density at radius 3 is 2.88 bits per heavy atom. The molecule has 0 saturated heterocycles. The van der Waals surface area contributed by atoms with E-state index in [9.17, 15) is 9.59 Å². The summed E-state index contributed by atoms with van der Waals surface area (Å²) in [5, 5.41) is 0. The summed E-state index contributed by atoms with van der Waals surface area (Å²) >= 11 is 0. The van der Waals surface area contributed by atoms with Gasteiger partial charge in [-0.3, -0.25) is 9.59 Å². The van der Waals surface area contributed by atoms with E-state index in [4.69, 9.17) is 0 Å². The average molecular weight is 224 g/mol. The molecule has 0 bridgehead atoms. The summed E-state index contributed by atoms with van der Waals surface area (Å²) < 4.78 is 4.65. The van der Waals surface area contributed by atoms with Gasteiger partial charge in [-0.2, -0.15) is 0 Å². The third-order valence-corrected chi connectivity index (χ3v) is 3.19. The predicted molar refractivity (Wildman–Crippen MR) is 61.9 cm³/mol. The van der Waals surface area contributed by atoms with Gasteiger partial charge >= 0.3 is 5.97 Å². The molecule has 1 rings (SSSR count). The van der Waals surface area contributed by atoms with Crippen LogP contribution in [0.2, 0.25) is 0 Å².